The Balaban J connectivity index is 1.52. The highest BCUT2D eigenvalue weighted by Gasteiger charge is 2.14. The van der Waals surface area contributed by atoms with Crippen LogP contribution in [0.4, 0.5) is 5.69 Å². The van der Waals surface area contributed by atoms with Gasteiger partial charge in [0.05, 0.1) is 17.4 Å². The van der Waals surface area contributed by atoms with Crippen LogP contribution in [0.5, 0.6) is 11.5 Å². The molecule has 0 unspecified atom stereocenters. The molecule has 0 spiro atoms. The third-order valence-electron chi connectivity index (χ3n) is 4.38. The lowest BCUT2D eigenvalue weighted by atomic mass is 10.1. The van der Waals surface area contributed by atoms with E-state index in [9.17, 15) is 4.79 Å². The van der Waals surface area contributed by atoms with E-state index in [4.69, 9.17) is 9.47 Å². The number of hydrogen-bond donors (Lipinski definition) is 1. The second-order valence-electron chi connectivity index (χ2n) is 6.20. The molecule has 2 heterocycles. The zero-order chi connectivity index (χ0) is 17.4. The summed E-state index contributed by atoms with van der Waals surface area (Å²) in [5.41, 5.74) is 4.92. The first-order chi connectivity index (χ1) is 12.1. The molecule has 0 radical (unpaired) electrons. The number of carbonyl (C=O) groups excluding carboxylic acids is 1. The SMILES string of the molecule is Cc1cc2ncn(CC(=O)Nc3ccc4c(c3)OCCO4)c2cc1C. The summed E-state index contributed by atoms with van der Waals surface area (Å²) in [7, 11) is 0. The van der Waals surface area contributed by atoms with Gasteiger partial charge in [-0.2, -0.15) is 0 Å². The Morgan fingerprint density at radius 2 is 1.88 bits per heavy atom. The van der Waals surface area contributed by atoms with Gasteiger partial charge in [-0.1, -0.05) is 0 Å². The monoisotopic (exact) mass is 337 g/mol. The van der Waals surface area contributed by atoms with Gasteiger partial charge in [-0.25, -0.2) is 4.98 Å². The van der Waals surface area contributed by atoms with Crippen molar-refractivity contribution >= 4 is 22.6 Å². The van der Waals surface area contributed by atoms with Gasteiger partial charge in [-0.3, -0.25) is 4.79 Å². The van der Waals surface area contributed by atoms with Crippen molar-refractivity contribution in [2.75, 3.05) is 18.5 Å². The molecule has 0 saturated carbocycles. The molecule has 0 bridgehead atoms. The largest absolute Gasteiger partial charge is 0.486 e. The summed E-state index contributed by atoms with van der Waals surface area (Å²) < 4.78 is 12.9. The fourth-order valence-electron chi connectivity index (χ4n) is 2.92. The van der Waals surface area contributed by atoms with E-state index in [1.54, 1.807) is 12.4 Å². The fourth-order valence-corrected chi connectivity index (χ4v) is 2.92. The minimum absolute atomic E-state index is 0.116. The summed E-state index contributed by atoms with van der Waals surface area (Å²) >= 11 is 0. The van der Waals surface area contributed by atoms with Gasteiger partial charge in [0.25, 0.3) is 0 Å². The molecule has 3 aromatic rings. The van der Waals surface area contributed by atoms with Crippen LogP contribution in [0, 0.1) is 13.8 Å². The van der Waals surface area contributed by atoms with Crippen molar-refractivity contribution in [3.05, 3.63) is 47.8 Å². The number of ether oxygens (including phenoxy) is 2. The molecule has 2 aromatic carbocycles. The van der Waals surface area contributed by atoms with Gasteiger partial charge in [0.1, 0.15) is 19.8 Å². The summed E-state index contributed by atoms with van der Waals surface area (Å²) in [5, 5.41) is 2.90. The van der Waals surface area contributed by atoms with Crippen LogP contribution in [0.25, 0.3) is 11.0 Å². The van der Waals surface area contributed by atoms with Crippen LogP contribution in [0.2, 0.25) is 0 Å². The number of carbonyl (C=O) groups is 1. The average molecular weight is 337 g/mol. The highest BCUT2D eigenvalue weighted by atomic mass is 16.6. The predicted molar refractivity (Wildman–Crippen MR) is 95.3 cm³/mol. The summed E-state index contributed by atoms with van der Waals surface area (Å²) in [6, 6.07) is 9.51. The maximum absolute atomic E-state index is 12.4. The molecular formula is C19H19N3O3. The van der Waals surface area contributed by atoms with Crippen molar-refractivity contribution in [2.45, 2.75) is 20.4 Å². The molecule has 0 saturated heterocycles. The Bertz CT molecular complexity index is 962. The number of rotatable bonds is 3. The molecule has 25 heavy (non-hydrogen) atoms. The van der Waals surface area contributed by atoms with E-state index in [1.807, 2.05) is 22.8 Å². The van der Waals surface area contributed by atoms with E-state index in [0.717, 1.165) is 11.0 Å². The molecular weight excluding hydrogens is 318 g/mol. The maximum atomic E-state index is 12.4. The Labute approximate surface area is 145 Å². The molecule has 1 aromatic heterocycles. The Morgan fingerprint density at radius 3 is 2.72 bits per heavy atom. The summed E-state index contributed by atoms with van der Waals surface area (Å²) in [6.45, 7) is 5.38. The quantitative estimate of drug-likeness (QED) is 0.798. The van der Waals surface area contributed by atoms with E-state index < -0.39 is 0 Å². The number of aryl methyl sites for hydroxylation is 2. The molecule has 1 N–H and O–H groups in total. The minimum atomic E-state index is -0.116. The van der Waals surface area contributed by atoms with Crippen LogP contribution < -0.4 is 14.8 Å². The number of benzene rings is 2. The van der Waals surface area contributed by atoms with Crippen LogP contribution in [0.3, 0.4) is 0 Å². The molecule has 1 aliphatic rings. The number of fused-ring (bicyclic) bond motifs is 2. The fraction of sp³-hybridized carbons (Fsp3) is 0.263. The molecule has 1 aliphatic heterocycles. The zero-order valence-corrected chi connectivity index (χ0v) is 14.2. The molecule has 0 atom stereocenters. The van der Waals surface area contributed by atoms with Crippen LogP contribution in [-0.2, 0) is 11.3 Å². The number of hydrogen-bond acceptors (Lipinski definition) is 4. The maximum Gasteiger partial charge on any atom is 0.244 e. The van der Waals surface area contributed by atoms with E-state index in [1.165, 1.54) is 11.1 Å². The van der Waals surface area contributed by atoms with Crippen molar-refractivity contribution in [3.8, 4) is 11.5 Å². The number of anilines is 1. The molecule has 0 aliphatic carbocycles. The average Bonchev–Trinajstić information content (AvgIpc) is 2.97. The first kappa shape index (κ1) is 15.5. The first-order valence-corrected chi connectivity index (χ1v) is 8.22. The van der Waals surface area contributed by atoms with Crippen LogP contribution >= 0.6 is 0 Å². The highest BCUT2D eigenvalue weighted by molar-refractivity contribution is 5.92. The molecule has 1 amide bonds. The van der Waals surface area contributed by atoms with Crippen molar-refractivity contribution in [1.29, 1.82) is 0 Å². The second kappa shape index (κ2) is 6.12. The van der Waals surface area contributed by atoms with E-state index in [0.29, 0.717) is 30.4 Å². The van der Waals surface area contributed by atoms with Crippen molar-refractivity contribution in [1.82, 2.24) is 9.55 Å². The lowest BCUT2D eigenvalue weighted by Gasteiger charge is -2.19. The zero-order valence-electron chi connectivity index (χ0n) is 14.2. The summed E-state index contributed by atoms with van der Waals surface area (Å²) in [4.78, 5) is 16.8. The van der Waals surface area contributed by atoms with Crippen molar-refractivity contribution in [3.63, 3.8) is 0 Å². The normalized spacial score (nSPS) is 13.0. The van der Waals surface area contributed by atoms with Crippen molar-refractivity contribution < 1.29 is 14.3 Å². The lowest BCUT2D eigenvalue weighted by Crippen LogP contribution is -2.19. The molecule has 6 heteroatoms. The minimum Gasteiger partial charge on any atom is -0.486 e. The third kappa shape index (κ3) is 3.03. The van der Waals surface area contributed by atoms with Gasteiger partial charge < -0.3 is 19.4 Å². The van der Waals surface area contributed by atoms with Gasteiger partial charge >= 0.3 is 0 Å². The van der Waals surface area contributed by atoms with E-state index >= 15 is 0 Å². The molecule has 128 valence electrons. The predicted octanol–water partition coefficient (Wildman–Crippen LogP) is 3.06. The number of nitrogens with zero attached hydrogens (tertiary/aromatic N) is 2. The Kier molecular flexibility index (Phi) is 3.80. The Hall–Kier alpha value is -3.02. The van der Waals surface area contributed by atoms with Gasteiger partial charge in [0.15, 0.2) is 11.5 Å². The topological polar surface area (TPSA) is 65.4 Å². The van der Waals surface area contributed by atoms with Crippen LogP contribution in [0.15, 0.2) is 36.7 Å². The molecule has 6 nitrogen and oxygen atoms in total. The van der Waals surface area contributed by atoms with E-state index in [-0.39, 0.29) is 12.5 Å². The second-order valence-corrected chi connectivity index (χ2v) is 6.20. The highest BCUT2D eigenvalue weighted by Crippen LogP contribution is 2.32. The number of aromatic nitrogens is 2. The van der Waals surface area contributed by atoms with Crippen molar-refractivity contribution in [2.24, 2.45) is 0 Å². The van der Waals surface area contributed by atoms with Gasteiger partial charge in [-0.15, -0.1) is 0 Å². The van der Waals surface area contributed by atoms with Gasteiger partial charge in [0.2, 0.25) is 5.91 Å². The lowest BCUT2D eigenvalue weighted by molar-refractivity contribution is -0.116. The first-order valence-electron chi connectivity index (χ1n) is 8.22. The van der Waals surface area contributed by atoms with Crippen LogP contribution in [0.1, 0.15) is 11.1 Å². The molecule has 0 fully saturated rings. The van der Waals surface area contributed by atoms with Gasteiger partial charge in [0, 0.05) is 11.8 Å². The number of nitrogens with one attached hydrogen (secondary N) is 1. The van der Waals surface area contributed by atoms with Gasteiger partial charge in [-0.05, 0) is 49.2 Å². The smallest absolute Gasteiger partial charge is 0.244 e. The summed E-state index contributed by atoms with van der Waals surface area (Å²) in [6.07, 6.45) is 1.70. The third-order valence-corrected chi connectivity index (χ3v) is 4.38. The number of amides is 1. The number of imidazole rings is 1. The summed E-state index contributed by atoms with van der Waals surface area (Å²) in [5.74, 6) is 1.24. The van der Waals surface area contributed by atoms with Crippen LogP contribution in [-0.4, -0.2) is 28.7 Å². The Morgan fingerprint density at radius 1 is 1.12 bits per heavy atom. The standard InChI is InChI=1S/C19H19N3O3/c1-12-7-15-16(8-13(12)2)22(11-20-15)10-19(23)21-14-3-4-17-18(9-14)25-6-5-24-17/h3-4,7-9,11H,5-6,10H2,1-2H3,(H,21,23). The molecule has 4 rings (SSSR count). The van der Waals surface area contributed by atoms with E-state index in [2.05, 4.69) is 30.2 Å².